The number of nitrogens with zero attached hydrogens (tertiary/aromatic N) is 4. The number of phosphoric acid groups is 1. The molecule has 4 atom stereocenters. The third-order valence-corrected chi connectivity index (χ3v) is 5.67. The molecule has 0 radical (unpaired) electrons. The molecule has 14 heteroatoms. The van der Waals surface area contributed by atoms with Gasteiger partial charge in [0.25, 0.3) is 0 Å². The summed E-state index contributed by atoms with van der Waals surface area (Å²) in [6.45, 7) is -0.0334. The Morgan fingerprint density at radius 3 is 2.63 bits per heavy atom. The lowest BCUT2D eigenvalue weighted by molar-refractivity contribution is -0.150. The number of rotatable bonds is 10. The van der Waals surface area contributed by atoms with E-state index < -0.39 is 38.5 Å². The van der Waals surface area contributed by atoms with Crippen LogP contribution in [0.3, 0.4) is 0 Å². The first kappa shape index (κ1) is 23.0. The smallest absolute Gasteiger partial charge is 0.387 e. The van der Waals surface area contributed by atoms with E-state index >= 15 is 0 Å². The number of fused-ring (bicyclic) bond motifs is 1. The number of aromatic nitrogens is 4. The van der Waals surface area contributed by atoms with Crippen LogP contribution >= 0.6 is 7.82 Å². The summed E-state index contributed by atoms with van der Waals surface area (Å²) in [5.41, 5.74) is 10.5. The van der Waals surface area contributed by atoms with Crippen LogP contribution in [0.1, 0.15) is 32.1 Å². The topological polar surface area (TPSA) is 212 Å². The Balaban J connectivity index is 1.93. The minimum Gasteiger partial charge on any atom is -0.387 e. The molecule has 0 bridgehead atoms. The second-order valence-electron chi connectivity index (χ2n) is 7.22. The molecule has 0 aromatic carbocycles. The Kier molecular flexibility index (Phi) is 7.05. The number of imidazole rings is 1. The third kappa shape index (κ3) is 4.63. The number of hydrogen-bond donors (Lipinski definition) is 6. The normalized spacial score (nSPS) is 27.2. The Labute approximate surface area is 172 Å². The van der Waals surface area contributed by atoms with Gasteiger partial charge in [0.15, 0.2) is 17.2 Å². The molecule has 1 fully saturated rings. The molecular formula is C16H27N6O7P. The molecule has 3 rings (SSSR count). The molecule has 168 valence electrons. The number of anilines is 1. The molecule has 2 aromatic rings. The molecule has 0 spiro atoms. The van der Waals surface area contributed by atoms with E-state index in [1.807, 2.05) is 0 Å². The second-order valence-corrected chi connectivity index (χ2v) is 8.46. The number of aliphatic hydroxyl groups is 2. The van der Waals surface area contributed by atoms with E-state index in [-0.39, 0.29) is 12.2 Å². The number of ether oxygens (including phenoxy) is 1. The minimum atomic E-state index is -4.79. The van der Waals surface area contributed by atoms with Crippen LogP contribution in [0.2, 0.25) is 0 Å². The average molecular weight is 446 g/mol. The van der Waals surface area contributed by atoms with Crippen molar-refractivity contribution in [3.05, 3.63) is 12.7 Å². The predicted octanol–water partition coefficient (Wildman–Crippen LogP) is -0.800. The summed E-state index contributed by atoms with van der Waals surface area (Å²) in [5.74, 6) is 0.145. The highest BCUT2D eigenvalue weighted by Gasteiger charge is 2.56. The van der Waals surface area contributed by atoms with Crippen molar-refractivity contribution in [2.75, 3.05) is 18.9 Å². The van der Waals surface area contributed by atoms with Crippen molar-refractivity contribution in [1.82, 2.24) is 19.5 Å². The largest absolute Gasteiger partial charge is 0.469 e. The summed E-state index contributed by atoms with van der Waals surface area (Å²) in [5, 5.41) is 21.5. The molecular weight excluding hydrogens is 419 g/mol. The van der Waals surface area contributed by atoms with Crippen LogP contribution in [0, 0.1) is 0 Å². The van der Waals surface area contributed by atoms with E-state index in [0.29, 0.717) is 24.1 Å². The van der Waals surface area contributed by atoms with E-state index in [9.17, 15) is 14.8 Å². The van der Waals surface area contributed by atoms with Crippen LogP contribution in [0.5, 0.6) is 0 Å². The van der Waals surface area contributed by atoms with Crippen LogP contribution in [0.25, 0.3) is 11.2 Å². The first-order valence-electron chi connectivity index (χ1n) is 9.57. The van der Waals surface area contributed by atoms with Gasteiger partial charge in [0, 0.05) is 0 Å². The molecule has 3 heterocycles. The lowest BCUT2D eigenvalue weighted by atomic mass is 9.96. The van der Waals surface area contributed by atoms with Gasteiger partial charge in [-0.1, -0.05) is 12.8 Å². The zero-order valence-electron chi connectivity index (χ0n) is 16.2. The maximum Gasteiger partial charge on any atom is 0.469 e. The SMILES string of the molecule is NCCCCCC[C@@]1(n2cnc3c(N)ncnc32)O[C@H](COP(=O)(O)O)[C@@H](O)[C@H]1O. The molecule has 0 amide bonds. The van der Waals surface area contributed by atoms with Crippen molar-refractivity contribution >= 4 is 24.8 Å². The van der Waals surface area contributed by atoms with Crippen LogP contribution in [0.4, 0.5) is 5.82 Å². The molecule has 8 N–H and O–H groups in total. The van der Waals surface area contributed by atoms with Crippen molar-refractivity contribution in [3.8, 4) is 0 Å². The molecule has 30 heavy (non-hydrogen) atoms. The van der Waals surface area contributed by atoms with E-state index in [0.717, 1.165) is 19.3 Å². The highest BCUT2D eigenvalue weighted by Crippen LogP contribution is 2.43. The zero-order chi connectivity index (χ0) is 21.9. The van der Waals surface area contributed by atoms with Gasteiger partial charge in [-0.25, -0.2) is 19.5 Å². The van der Waals surface area contributed by atoms with Crippen molar-refractivity contribution in [1.29, 1.82) is 0 Å². The van der Waals surface area contributed by atoms with Gasteiger partial charge in [0.1, 0.15) is 30.2 Å². The Bertz CT molecular complexity index is 907. The maximum atomic E-state index is 11.1. The van der Waals surface area contributed by atoms with Crippen molar-refractivity contribution in [2.24, 2.45) is 5.73 Å². The average Bonchev–Trinajstić information content (AvgIpc) is 3.22. The Morgan fingerprint density at radius 1 is 1.20 bits per heavy atom. The lowest BCUT2D eigenvalue weighted by Gasteiger charge is -2.34. The first-order valence-corrected chi connectivity index (χ1v) is 11.1. The first-order chi connectivity index (χ1) is 14.2. The van der Waals surface area contributed by atoms with Gasteiger partial charge in [-0.3, -0.25) is 9.09 Å². The quantitative estimate of drug-likeness (QED) is 0.195. The Morgan fingerprint density at radius 2 is 1.93 bits per heavy atom. The van der Waals surface area contributed by atoms with E-state index in [1.54, 1.807) is 0 Å². The molecule has 0 saturated carbocycles. The van der Waals surface area contributed by atoms with Gasteiger partial charge < -0.3 is 36.2 Å². The number of nitrogens with two attached hydrogens (primary N) is 2. The van der Waals surface area contributed by atoms with Gasteiger partial charge >= 0.3 is 7.82 Å². The molecule has 1 aliphatic heterocycles. The van der Waals surface area contributed by atoms with Gasteiger partial charge in [0.05, 0.1) is 12.9 Å². The highest BCUT2D eigenvalue weighted by molar-refractivity contribution is 7.46. The van der Waals surface area contributed by atoms with Gasteiger partial charge in [-0.05, 0) is 25.8 Å². The monoisotopic (exact) mass is 446 g/mol. The summed E-state index contributed by atoms with van der Waals surface area (Å²) >= 11 is 0. The fourth-order valence-corrected chi connectivity index (χ4v) is 4.05. The summed E-state index contributed by atoms with van der Waals surface area (Å²) in [6, 6.07) is 0. The van der Waals surface area contributed by atoms with E-state index in [4.69, 9.17) is 26.0 Å². The predicted molar refractivity (Wildman–Crippen MR) is 105 cm³/mol. The third-order valence-electron chi connectivity index (χ3n) is 5.19. The summed E-state index contributed by atoms with van der Waals surface area (Å²) < 4.78 is 23.0. The lowest BCUT2D eigenvalue weighted by Crippen LogP contribution is -2.45. The molecule has 0 aliphatic carbocycles. The van der Waals surface area contributed by atoms with Crippen LogP contribution in [-0.2, 0) is 19.6 Å². The number of hydrogen-bond acceptors (Lipinski definition) is 10. The number of aliphatic hydroxyl groups excluding tert-OH is 2. The molecule has 0 unspecified atom stereocenters. The number of phosphoric ester groups is 1. The summed E-state index contributed by atoms with van der Waals surface area (Å²) in [7, 11) is -4.79. The van der Waals surface area contributed by atoms with Gasteiger partial charge in [0.2, 0.25) is 0 Å². The molecule has 13 nitrogen and oxygen atoms in total. The highest BCUT2D eigenvalue weighted by atomic mass is 31.2. The maximum absolute atomic E-state index is 11.1. The molecule has 1 saturated heterocycles. The van der Waals surface area contributed by atoms with Crippen molar-refractivity contribution < 1.29 is 33.8 Å². The van der Waals surface area contributed by atoms with Crippen LogP contribution in [-0.4, -0.2) is 71.0 Å². The zero-order valence-corrected chi connectivity index (χ0v) is 17.1. The van der Waals surface area contributed by atoms with Crippen LogP contribution < -0.4 is 11.5 Å². The summed E-state index contributed by atoms with van der Waals surface area (Å²) in [6.07, 6.45) is 1.99. The number of nitrogen functional groups attached to an aromatic ring is 1. The Hall–Kier alpha value is -1.70. The number of unbranched alkanes of at least 4 members (excludes halogenated alkanes) is 3. The minimum absolute atomic E-state index is 0.145. The second kappa shape index (κ2) is 9.20. The van der Waals surface area contributed by atoms with Crippen molar-refractivity contribution in [2.45, 2.75) is 56.1 Å². The fraction of sp³-hybridized carbons (Fsp3) is 0.688. The van der Waals surface area contributed by atoms with Crippen LogP contribution in [0.15, 0.2) is 12.7 Å². The standard InChI is InChI=1S/C16H27N6O7P/c17-6-4-2-1-3-5-16(22-9-21-11-14(18)19-8-20-15(11)22)13(24)12(23)10(29-16)7-28-30(25,26)27/h8-10,12-13,23-24H,1-7,17H2,(H2,18,19,20)(H2,25,26,27)/t10-,12-,13-,16-/m1/s1. The fourth-order valence-electron chi connectivity index (χ4n) is 3.71. The molecule has 1 aliphatic rings. The van der Waals surface area contributed by atoms with E-state index in [1.165, 1.54) is 17.2 Å². The molecule has 2 aromatic heterocycles. The van der Waals surface area contributed by atoms with Gasteiger partial charge in [-0.2, -0.15) is 0 Å². The van der Waals surface area contributed by atoms with E-state index in [2.05, 4.69) is 19.5 Å². The van der Waals surface area contributed by atoms with Crippen molar-refractivity contribution in [3.63, 3.8) is 0 Å². The summed E-state index contributed by atoms with van der Waals surface area (Å²) in [4.78, 5) is 30.2. The van der Waals surface area contributed by atoms with Gasteiger partial charge in [-0.15, -0.1) is 0 Å².